The zero-order chi connectivity index (χ0) is 18.4. The lowest BCUT2D eigenvalue weighted by molar-refractivity contribution is -0.384. The summed E-state index contributed by atoms with van der Waals surface area (Å²) in [4.78, 5) is 34.1. The first-order valence-corrected chi connectivity index (χ1v) is 7.58. The Labute approximate surface area is 148 Å². The quantitative estimate of drug-likeness (QED) is 0.540. The fourth-order valence-corrected chi connectivity index (χ4v) is 2.16. The van der Waals surface area contributed by atoms with Crippen LogP contribution < -0.4 is 16.0 Å². The van der Waals surface area contributed by atoms with Gasteiger partial charge in [-0.15, -0.1) is 0 Å². The number of hydrogen-bond donors (Lipinski definition) is 3. The number of nitrogens with one attached hydrogen (secondary N) is 3. The molecule has 0 aliphatic heterocycles. The number of carbonyl (C=O) groups is 2. The molecular weight excluding hydrogens is 348 g/mol. The van der Waals surface area contributed by atoms with E-state index in [1.165, 1.54) is 19.2 Å². The highest BCUT2D eigenvalue weighted by Gasteiger charge is 2.16. The molecule has 2 aromatic rings. The average Bonchev–Trinajstić information content (AvgIpc) is 2.61. The van der Waals surface area contributed by atoms with Crippen molar-refractivity contribution in [3.05, 3.63) is 63.2 Å². The maximum atomic E-state index is 12.0. The Bertz CT molecular complexity index is 808. The number of halogens is 1. The number of nitro benzene ring substituents is 1. The normalized spacial score (nSPS) is 10.0. The first-order chi connectivity index (χ1) is 11.9. The van der Waals surface area contributed by atoms with Crippen LogP contribution in [0.5, 0.6) is 0 Å². The van der Waals surface area contributed by atoms with Crippen LogP contribution in [0.1, 0.15) is 10.4 Å². The van der Waals surface area contributed by atoms with Crippen LogP contribution in [0.15, 0.2) is 42.5 Å². The third-order valence-electron chi connectivity index (χ3n) is 3.25. The number of carbonyl (C=O) groups excluding carboxylic acids is 2. The summed E-state index contributed by atoms with van der Waals surface area (Å²) in [5, 5.41) is 19.3. The third-order valence-corrected chi connectivity index (χ3v) is 3.51. The molecule has 0 spiro atoms. The van der Waals surface area contributed by atoms with Gasteiger partial charge in [-0.2, -0.15) is 0 Å². The fourth-order valence-electron chi connectivity index (χ4n) is 2.04. The van der Waals surface area contributed by atoms with Gasteiger partial charge in [0.05, 0.1) is 17.0 Å². The van der Waals surface area contributed by atoms with Crippen LogP contribution in [-0.4, -0.2) is 30.3 Å². The van der Waals surface area contributed by atoms with Crippen molar-refractivity contribution in [1.29, 1.82) is 0 Å². The molecule has 3 N–H and O–H groups in total. The Morgan fingerprint density at radius 2 is 1.84 bits per heavy atom. The highest BCUT2D eigenvalue weighted by atomic mass is 35.5. The Morgan fingerprint density at radius 1 is 1.16 bits per heavy atom. The second-order valence-corrected chi connectivity index (χ2v) is 5.41. The SMILES string of the molecule is CNC(=O)c1cc([N+](=O)[O-])ccc1NCC(=O)Nc1ccc(Cl)cc1. The largest absolute Gasteiger partial charge is 0.375 e. The molecule has 25 heavy (non-hydrogen) atoms. The van der Waals surface area contributed by atoms with Gasteiger partial charge in [-0.1, -0.05) is 11.6 Å². The maximum absolute atomic E-state index is 12.0. The monoisotopic (exact) mass is 362 g/mol. The summed E-state index contributed by atoms with van der Waals surface area (Å²) < 4.78 is 0. The van der Waals surface area contributed by atoms with Crippen molar-refractivity contribution in [2.75, 3.05) is 24.2 Å². The zero-order valence-electron chi connectivity index (χ0n) is 13.2. The Balaban J connectivity index is 2.08. The van der Waals surface area contributed by atoms with E-state index in [0.29, 0.717) is 16.4 Å². The lowest BCUT2D eigenvalue weighted by Gasteiger charge is -2.11. The Hall–Kier alpha value is -3.13. The molecule has 8 nitrogen and oxygen atoms in total. The van der Waals surface area contributed by atoms with Crippen molar-refractivity contribution in [1.82, 2.24) is 5.32 Å². The van der Waals surface area contributed by atoms with Gasteiger partial charge in [0.2, 0.25) is 5.91 Å². The number of anilines is 2. The minimum atomic E-state index is -0.594. The fraction of sp³-hybridized carbons (Fsp3) is 0.125. The summed E-state index contributed by atoms with van der Waals surface area (Å²) in [6.45, 7) is -0.121. The average molecular weight is 363 g/mol. The number of amides is 2. The molecule has 0 unspecified atom stereocenters. The molecule has 2 aromatic carbocycles. The first-order valence-electron chi connectivity index (χ1n) is 7.20. The van der Waals surface area contributed by atoms with Gasteiger partial charge in [-0.3, -0.25) is 19.7 Å². The molecule has 0 saturated heterocycles. The van der Waals surface area contributed by atoms with Gasteiger partial charge >= 0.3 is 0 Å². The molecule has 9 heteroatoms. The smallest absolute Gasteiger partial charge is 0.270 e. The highest BCUT2D eigenvalue weighted by molar-refractivity contribution is 6.30. The summed E-state index contributed by atoms with van der Waals surface area (Å²) in [7, 11) is 1.41. The Kier molecular flexibility index (Phi) is 5.91. The molecule has 2 rings (SSSR count). The molecule has 0 fully saturated rings. The molecule has 0 aliphatic carbocycles. The van der Waals surface area contributed by atoms with E-state index in [4.69, 9.17) is 11.6 Å². The van der Waals surface area contributed by atoms with Gasteiger partial charge < -0.3 is 16.0 Å². The van der Waals surface area contributed by atoms with E-state index < -0.39 is 10.8 Å². The summed E-state index contributed by atoms with van der Waals surface area (Å²) >= 11 is 5.77. The van der Waals surface area contributed by atoms with Crippen molar-refractivity contribution >= 4 is 40.5 Å². The van der Waals surface area contributed by atoms with Crippen molar-refractivity contribution in [3.8, 4) is 0 Å². The van der Waals surface area contributed by atoms with E-state index in [2.05, 4.69) is 16.0 Å². The summed E-state index contributed by atoms with van der Waals surface area (Å²) in [5.74, 6) is -0.840. The molecule has 0 aromatic heterocycles. The van der Waals surface area contributed by atoms with Crippen LogP contribution in [0.2, 0.25) is 5.02 Å². The van der Waals surface area contributed by atoms with E-state index in [9.17, 15) is 19.7 Å². The second kappa shape index (κ2) is 8.11. The van der Waals surface area contributed by atoms with Crippen LogP contribution in [0.3, 0.4) is 0 Å². The van der Waals surface area contributed by atoms with Crippen molar-refractivity contribution in [3.63, 3.8) is 0 Å². The molecule has 130 valence electrons. The predicted molar refractivity (Wildman–Crippen MR) is 95.1 cm³/mol. The summed E-state index contributed by atoms with van der Waals surface area (Å²) in [6.07, 6.45) is 0. The second-order valence-electron chi connectivity index (χ2n) is 4.97. The molecule has 0 atom stereocenters. The maximum Gasteiger partial charge on any atom is 0.270 e. The van der Waals surface area contributed by atoms with Crippen LogP contribution >= 0.6 is 11.6 Å². The van der Waals surface area contributed by atoms with Gasteiger partial charge in [0, 0.05) is 35.6 Å². The lowest BCUT2D eigenvalue weighted by Crippen LogP contribution is -2.24. The van der Waals surface area contributed by atoms with Crippen molar-refractivity contribution < 1.29 is 14.5 Å². The zero-order valence-corrected chi connectivity index (χ0v) is 14.0. The van der Waals surface area contributed by atoms with E-state index >= 15 is 0 Å². The summed E-state index contributed by atoms with van der Waals surface area (Å²) in [6, 6.07) is 10.4. The molecule has 0 saturated carbocycles. The number of rotatable bonds is 6. The molecular formula is C16H15ClN4O4. The van der Waals surface area contributed by atoms with Gasteiger partial charge in [0.1, 0.15) is 0 Å². The number of nitro groups is 1. The Morgan fingerprint density at radius 3 is 2.44 bits per heavy atom. The number of non-ortho nitro benzene ring substituents is 1. The number of nitrogens with zero attached hydrogens (tertiary/aromatic N) is 1. The van der Waals surface area contributed by atoms with Crippen molar-refractivity contribution in [2.45, 2.75) is 0 Å². The minimum Gasteiger partial charge on any atom is -0.375 e. The minimum absolute atomic E-state index is 0.0796. The predicted octanol–water partition coefficient (Wildman–Crippen LogP) is 2.66. The molecule has 0 heterocycles. The van der Waals surface area contributed by atoms with Crippen LogP contribution in [0.25, 0.3) is 0 Å². The topological polar surface area (TPSA) is 113 Å². The van der Waals surface area contributed by atoms with Gasteiger partial charge in [-0.05, 0) is 30.3 Å². The van der Waals surface area contributed by atoms with Crippen LogP contribution in [-0.2, 0) is 4.79 Å². The lowest BCUT2D eigenvalue weighted by atomic mass is 10.1. The van der Waals surface area contributed by atoms with E-state index in [0.717, 1.165) is 6.07 Å². The standard InChI is InChI=1S/C16H15ClN4O4/c1-18-16(23)13-8-12(21(24)25)6-7-14(13)19-9-15(22)20-11-4-2-10(17)3-5-11/h2-8,19H,9H2,1H3,(H,18,23)(H,20,22). The van der Waals surface area contributed by atoms with Gasteiger partial charge in [0.15, 0.2) is 0 Å². The first kappa shape index (κ1) is 18.2. The van der Waals surface area contributed by atoms with Crippen molar-refractivity contribution in [2.24, 2.45) is 0 Å². The van der Waals surface area contributed by atoms with Crippen LogP contribution in [0.4, 0.5) is 17.1 Å². The van der Waals surface area contributed by atoms with E-state index in [1.807, 2.05) is 0 Å². The van der Waals surface area contributed by atoms with Gasteiger partial charge in [-0.25, -0.2) is 0 Å². The highest BCUT2D eigenvalue weighted by Crippen LogP contribution is 2.22. The number of benzene rings is 2. The molecule has 0 radical (unpaired) electrons. The van der Waals surface area contributed by atoms with Crippen LogP contribution in [0, 0.1) is 10.1 Å². The van der Waals surface area contributed by atoms with E-state index in [-0.39, 0.29) is 23.7 Å². The molecule has 2 amide bonds. The molecule has 0 bridgehead atoms. The van der Waals surface area contributed by atoms with Gasteiger partial charge in [0.25, 0.3) is 11.6 Å². The summed E-state index contributed by atoms with van der Waals surface area (Å²) in [5.41, 5.74) is 0.758. The third kappa shape index (κ3) is 4.92. The number of hydrogen-bond acceptors (Lipinski definition) is 5. The molecule has 0 aliphatic rings. The van der Waals surface area contributed by atoms with E-state index in [1.54, 1.807) is 24.3 Å².